The first-order valence-electron chi connectivity index (χ1n) is 8.72. The van der Waals surface area contributed by atoms with Crippen molar-refractivity contribution in [2.45, 2.75) is 25.4 Å². The molecule has 1 unspecified atom stereocenters. The van der Waals surface area contributed by atoms with E-state index < -0.39 is 59.1 Å². The van der Waals surface area contributed by atoms with Gasteiger partial charge >= 0.3 is 12.4 Å². The third-order valence-electron chi connectivity index (χ3n) is 4.44. The maximum atomic E-state index is 13.8. The quantitative estimate of drug-likeness (QED) is 0.515. The summed E-state index contributed by atoms with van der Waals surface area (Å²) in [5, 5.41) is 13.9. The Kier molecular flexibility index (Phi) is 5.76. The number of amides is 1. The summed E-state index contributed by atoms with van der Waals surface area (Å²) in [6.45, 7) is 0.0343. The van der Waals surface area contributed by atoms with E-state index >= 15 is 0 Å². The Bertz CT molecular complexity index is 1240. The molecule has 0 aliphatic heterocycles. The summed E-state index contributed by atoms with van der Waals surface area (Å²) in [5.41, 5.74) is -5.32. The first-order valence-corrected chi connectivity index (χ1v) is 8.72. The normalized spacial score (nSPS) is 13.4. The minimum Gasteiger partial charge on any atom is -0.382 e. The van der Waals surface area contributed by atoms with E-state index in [9.17, 15) is 40.3 Å². The third kappa shape index (κ3) is 4.44. The van der Waals surface area contributed by atoms with Crippen LogP contribution in [0, 0.1) is 12.7 Å². The van der Waals surface area contributed by atoms with Gasteiger partial charge in [0.15, 0.2) is 11.8 Å². The number of aliphatic hydroxyl groups excluding tert-OH is 1. The van der Waals surface area contributed by atoms with Crippen LogP contribution in [0.4, 0.5) is 30.7 Å². The smallest absolute Gasteiger partial charge is 0.382 e. The molecular formula is C18H13F7N4O3. The molecule has 2 heterocycles. The SMILES string of the molecule is Cc1ccc(-c2cn3nc(C(=O)NCC(O)C(F)(F)F)c(C(F)(F)F)c3c(=O)[nH]2)cc1F. The van der Waals surface area contributed by atoms with E-state index in [0.29, 0.717) is 4.52 Å². The average molecular weight is 466 g/mol. The molecule has 14 heteroatoms. The van der Waals surface area contributed by atoms with Crippen LogP contribution in [-0.4, -0.2) is 44.4 Å². The molecule has 0 aliphatic rings. The lowest BCUT2D eigenvalue weighted by Crippen LogP contribution is -2.41. The van der Waals surface area contributed by atoms with Gasteiger partial charge in [-0.25, -0.2) is 8.91 Å². The van der Waals surface area contributed by atoms with E-state index in [1.54, 1.807) is 0 Å². The van der Waals surface area contributed by atoms with Gasteiger partial charge in [-0.1, -0.05) is 12.1 Å². The number of alkyl halides is 6. The van der Waals surface area contributed by atoms with Crippen LogP contribution >= 0.6 is 0 Å². The van der Waals surface area contributed by atoms with Crippen molar-refractivity contribution < 1.29 is 40.6 Å². The Labute approximate surface area is 173 Å². The second-order valence-electron chi connectivity index (χ2n) is 6.74. The van der Waals surface area contributed by atoms with Crippen LogP contribution in [0.15, 0.2) is 29.2 Å². The van der Waals surface area contributed by atoms with Gasteiger partial charge in [-0.15, -0.1) is 0 Å². The molecule has 1 amide bonds. The number of aromatic nitrogens is 3. The summed E-state index contributed by atoms with van der Waals surface area (Å²) < 4.78 is 92.2. The number of hydrogen-bond donors (Lipinski definition) is 3. The van der Waals surface area contributed by atoms with Crippen molar-refractivity contribution in [3.8, 4) is 11.3 Å². The first-order chi connectivity index (χ1) is 14.7. The molecule has 0 aliphatic carbocycles. The summed E-state index contributed by atoms with van der Waals surface area (Å²) in [6, 6.07) is 3.77. The van der Waals surface area contributed by atoms with Crippen molar-refractivity contribution in [2.75, 3.05) is 6.54 Å². The van der Waals surface area contributed by atoms with Gasteiger partial charge in [-0.05, 0) is 18.6 Å². The summed E-state index contributed by atoms with van der Waals surface area (Å²) in [7, 11) is 0. The molecule has 1 atom stereocenters. The predicted octanol–water partition coefficient (Wildman–Crippen LogP) is 2.81. The van der Waals surface area contributed by atoms with Gasteiger partial charge < -0.3 is 15.4 Å². The van der Waals surface area contributed by atoms with Gasteiger partial charge in [0.1, 0.15) is 16.9 Å². The minimum atomic E-state index is -5.28. The Morgan fingerprint density at radius 2 is 1.91 bits per heavy atom. The lowest BCUT2D eigenvalue weighted by atomic mass is 10.1. The van der Waals surface area contributed by atoms with E-state index in [-0.39, 0.29) is 16.8 Å². The highest BCUT2D eigenvalue weighted by Gasteiger charge is 2.42. The number of aromatic amines is 1. The van der Waals surface area contributed by atoms with Crippen LogP contribution in [0.5, 0.6) is 0 Å². The molecule has 0 saturated heterocycles. The standard InChI is InChI=1S/C18H13F7N4O3/c1-7-2-3-8(4-9(7)19)10-6-29-14(16(32)27-10)12(18(23,24)25)13(28-29)15(31)26-5-11(30)17(20,21)22/h2-4,6,11,30H,5H2,1H3,(H,26,31)(H,27,32). The summed E-state index contributed by atoms with van der Waals surface area (Å²) in [4.78, 5) is 26.7. The van der Waals surface area contributed by atoms with Crippen LogP contribution in [0.1, 0.15) is 21.6 Å². The molecule has 0 bridgehead atoms. The van der Waals surface area contributed by atoms with Crippen LogP contribution in [0.3, 0.4) is 0 Å². The molecule has 0 fully saturated rings. The van der Waals surface area contributed by atoms with E-state index in [1.807, 2.05) is 0 Å². The second kappa shape index (κ2) is 7.93. The summed E-state index contributed by atoms with van der Waals surface area (Å²) in [6.07, 6.45) is -12.5. The maximum absolute atomic E-state index is 13.8. The van der Waals surface area contributed by atoms with Crippen molar-refractivity contribution in [3.05, 3.63) is 57.4 Å². The van der Waals surface area contributed by atoms with Gasteiger partial charge in [0.2, 0.25) is 0 Å². The molecule has 0 radical (unpaired) electrons. The van der Waals surface area contributed by atoms with Gasteiger partial charge in [-0.2, -0.15) is 31.4 Å². The number of benzene rings is 1. The molecule has 0 spiro atoms. The fraction of sp³-hybridized carbons (Fsp3) is 0.278. The molecule has 0 saturated carbocycles. The van der Waals surface area contributed by atoms with Gasteiger partial charge in [0.25, 0.3) is 11.5 Å². The molecule has 3 aromatic rings. The fourth-order valence-electron chi connectivity index (χ4n) is 2.80. The van der Waals surface area contributed by atoms with Crippen molar-refractivity contribution in [2.24, 2.45) is 0 Å². The first kappa shape index (κ1) is 23.2. The number of nitrogens with zero attached hydrogens (tertiary/aromatic N) is 2. The summed E-state index contributed by atoms with van der Waals surface area (Å²) >= 11 is 0. The van der Waals surface area contributed by atoms with Crippen LogP contribution in [0.2, 0.25) is 0 Å². The number of aliphatic hydroxyl groups is 1. The monoisotopic (exact) mass is 466 g/mol. The molecule has 1 aromatic carbocycles. The molecule has 3 rings (SSSR count). The van der Waals surface area contributed by atoms with Gasteiger partial charge in [0.05, 0.1) is 18.4 Å². The minimum absolute atomic E-state index is 0.0930. The van der Waals surface area contributed by atoms with Crippen molar-refractivity contribution in [3.63, 3.8) is 0 Å². The summed E-state index contributed by atoms with van der Waals surface area (Å²) in [5.74, 6) is -2.34. The third-order valence-corrected chi connectivity index (χ3v) is 4.44. The number of rotatable bonds is 4. The molecular weight excluding hydrogens is 453 g/mol. The number of aryl methyl sites for hydroxylation is 1. The molecule has 32 heavy (non-hydrogen) atoms. The number of fused-ring (bicyclic) bond motifs is 1. The molecule has 7 nitrogen and oxygen atoms in total. The molecule has 2 aromatic heterocycles. The Morgan fingerprint density at radius 1 is 1.25 bits per heavy atom. The van der Waals surface area contributed by atoms with Crippen LogP contribution < -0.4 is 10.9 Å². The van der Waals surface area contributed by atoms with Crippen LogP contribution in [-0.2, 0) is 6.18 Å². The lowest BCUT2D eigenvalue weighted by Gasteiger charge is -2.15. The Hall–Kier alpha value is -3.42. The van der Waals surface area contributed by atoms with Crippen molar-refractivity contribution in [1.29, 1.82) is 0 Å². The Balaban J connectivity index is 2.11. The number of hydrogen-bond acceptors (Lipinski definition) is 4. The van der Waals surface area contributed by atoms with E-state index in [2.05, 4.69) is 10.1 Å². The zero-order valence-corrected chi connectivity index (χ0v) is 15.9. The molecule has 172 valence electrons. The number of halogens is 7. The largest absolute Gasteiger partial charge is 0.421 e. The highest BCUT2D eigenvalue weighted by Crippen LogP contribution is 2.34. The van der Waals surface area contributed by atoms with Crippen molar-refractivity contribution in [1.82, 2.24) is 19.9 Å². The predicted molar refractivity (Wildman–Crippen MR) is 95.3 cm³/mol. The average Bonchev–Trinajstić information content (AvgIpc) is 3.08. The van der Waals surface area contributed by atoms with Gasteiger partial charge in [-0.3, -0.25) is 9.59 Å². The van der Waals surface area contributed by atoms with Crippen molar-refractivity contribution >= 4 is 11.4 Å². The fourth-order valence-corrected chi connectivity index (χ4v) is 2.80. The number of nitrogens with one attached hydrogen (secondary N) is 2. The lowest BCUT2D eigenvalue weighted by molar-refractivity contribution is -0.201. The van der Waals surface area contributed by atoms with E-state index in [4.69, 9.17) is 5.11 Å². The highest BCUT2D eigenvalue weighted by atomic mass is 19.4. The van der Waals surface area contributed by atoms with Crippen LogP contribution in [0.25, 0.3) is 16.8 Å². The second-order valence-corrected chi connectivity index (χ2v) is 6.74. The maximum Gasteiger partial charge on any atom is 0.421 e. The topological polar surface area (TPSA) is 99.5 Å². The van der Waals surface area contributed by atoms with Gasteiger partial charge in [0, 0.05) is 5.56 Å². The van der Waals surface area contributed by atoms with E-state index in [1.165, 1.54) is 24.4 Å². The van der Waals surface area contributed by atoms with E-state index in [0.717, 1.165) is 12.3 Å². The number of H-pyrrole nitrogens is 1. The zero-order valence-electron chi connectivity index (χ0n) is 15.9. The Morgan fingerprint density at radius 3 is 2.47 bits per heavy atom. The number of carbonyl (C=O) groups is 1. The molecule has 3 N–H and O–H groups in total. The number of carbonyl (C=O) groups excluding carboxylic acids is 1. The highest BCUT2D eigenvalue weighted by molar-refractivity contribution is 5.96. The zero-order chi connectivity index (χ0) is 24.0.